The van der Waals surface area contributed by atoms with E-state index < -0.39 is 15.6 Å². The minimum absolute atomic E-state index is 0. The zero-order chi connectivity index (χ0) is 8.41. The third-order valence-corrected chi connectivity index (χ3v) is 2.23. The first kappa shape index (κ1) is 19.7. The smallest absolute Gasteiger partial charge is 0.789 e. The Morgan fingerprint density at radius 3 is 1.67 bits per heavy atom. The van der Waals surface area contributed by atoms with E-state index in [-0.39, 0.29) is 59.1 Å². The number of phosphoric acid groups is 2. The van der Waals surface area contributed by atoms with Crippen LogP contribution in [0.1, 0.15) is 0 Å². The topological polar surface area (TPSA) is 145 Å². The zero-order valence-electron chi connectivity index (χ0n) is 6.37. The maximum Gasteiger partial charge on any atom is 1.00 e. The maximum atomic E-state index is 10.0. The molecule has 3 N–H and O–H groups in total. The van der Waals surface area contributed by atoms with E-state index in [9.17, 15) is 18.9 Å². The van der Waals surface area contributed by atoms with Crippen LogP contribution in [0.15, 0.2) is 0 Å². The van der Waals surface area contributed by atoms with Crippen molar-refractivity contribution in [1.82, 2.24) is 0 Å². The molecule has 0 heterocycles. The second-order valence-electron chi connectivity index (χ2n) is 1.10. The van der Waals surface area contributed by atoms with Crippen molar-refractivity contribution in [2.45, 2.75) is 0 Å². The maximum absolute atomic E-state index is 10.0. The van der Waals surface area contributed by atoms with Crippen LogP contribution in [-0.2, 0) is 18.1 Å². The van der Waals surface area contributed by atoms with Crippen LogP contribution in [0.3, 0.4) is 0 Å². The van der Waals surface area contributed by atoms with Crippen LogP contribution < -0.4 is 74.8 Å². The standard InChI is InChI=1S/H5NO7P2.2Na/c1-7-10(5,6)8-9(2,3)4;;/h1H2,(H,5,6)(H2,2,3,4);;/q;2*+1/p-2. The molecule has 12 heteroatoms. The van der Waals surface area contributed by atoms with Gasteiger partial charge in [-0.15, -0.1) is 0 Å². The molecule has 0 amide bonds. The zero-order valence-corrected chi connectivity index (χ0v) is 12.2. The van der Waals surface area contributed by atoms with Crippen LogP contribution in [-0.4, -0.2) is 4.89 Å². The monoisotopic (exact) mass is 237 g/mol. The predicted octanol–water partition coefficient (Wildman–Crippen LogP) is -8.17. The van der Waals surface area contributed by atoms with Crippen molar-refractivity contribution in [1.29, 1.82) is 0 Å². The summed E-state index contributed by atoms with van der Waals surface area (Å²) in [7, 11) is -10.4. The fourth-order valence-electron chi connectivity index (χ4n) is 0.146. The number of hydrogen-bond donors (Lipinski definition) is 2. The van der Waals surface area contributed by atoms with Crippen LogP contribution in [0.5, 0.6) is 0 Å². The minimum atomic E-state index is -5.52. The van der Waals surface area contributed by atoms with E-state index in [0.717, 1.165) is 0 Å². The minimum Gasteiger partial charge on any atom is -0.789 e. The SMILES string of the molecule is NOP(=O)(O)OP(=O)([O-])[O-].[Na+].[Na+]. The van der Waals surface area contributed by atoms with Crippen molar-refractivity contribution in [3.05, 3.63) is 0 Å². The van der Waals surface area contributed by atoms with E-state index in [1.165, 1.54) is 0 Å². The summed E-state index contributed by atoms with van der Waals surface area (Å²) in [6.45, 7) is 0. The van der Waals surface area contributed by atoms with Gasteiger partial charge in [0.05, 0.1) is 7.82 Å². The van der Waals surface area contributed by atoms with Crippen molar-refractivity contribution >= 4 is 15.6 Å². The van der Waals surface area contributed by atoms with Gasteiger partial charge in [-0.2, -0.15) is 0 Å². The molecule has 0 rings (SSSR count). The first-order valence-corrected chi connectivity index (χ1v) is 4.67. The van der Waals surface area contributed by atoms with Crippen LogP contribution in [0.25, 0.3) is 0 Å². The molecule has 1 atom stereocenters. The molecule has 1 unspecified atom stereocenters. The van der Waals surface area contributed by atoms with Crippen molar-refractivity contribution in [3.63, 3.8) is 0 Å². The van der Waals surface area contributed by atoms with E-state index in [4.69, 9.17) is 4.89 Å². The Morgan fingerprint density at radius 2 is 1.58 bits per heavy atom. The van der Waals surface area contributed by atoms with Crippen molar-refractivity contribution < 1.29 is 91.9 Å². The molecule has 0 aliphatic carbocycles. The van der Waals surface area contributed by atoms with Gasteiger partial charge < -0.3 is 19.2 Å². The summed E-state index contributed by atoms with van der Waals surface area (Å²) >= 11 is 0. The Hall–Kier alpha value is 2.22. The normalized spacial score (nSPS) is 15.3. The molecule has 0 saturated carbocycles. The van der Waals surface area contributed by atoms with Crippen LogP contribution >= 0.6 is 15.6 Å². The average molecular weight is 237 g/mol. The van der Waals surface area contributed by atoms with Gasteiger partial charge >= 0.3 is 66.9 Å². The number of rotatable bonds is 3. The fraction of sp³-hybridized carbons (Fsp3) is 0. The summed E-state index contributed by atoms with van der Waals surface area (Å²) < 4.78 is 25.7. The van der Waals surface area contributed by atoms with Crippen molar-refractivity contribution in [2.24, 2.45) is 5.90 Å². The van der Waals surface area contributed by atoms with E-state index in [1.54, 1.807) is 0 Å². The molecule has 0 bridgehead atoms. The number of nitrogens with two attached hydrogens (primary N) is 1. The second kappa shape index (κ2) is 7.50. The van der Waals surface area contributed by atoms with Gasteiger partial charge in [0, 0.05) is 0 Å². The van der Waals surface area contributed by atoms with Gasteiger partial charge in [0.25, 0.3) is 0 Å². The van der Waals surface area contributed by atoms with Crippen LogP contribution in [0, 0.1) is 0 Å². The molecule has 12 heavy (non-hydrogen) atoms. The molecule has 0 radical (unpaired) electrons. The van der Waals surface area contributed by atoms with Crippen molar-refractivity contribution in [2.75, 3.05) is 0 Å². The summed E-state index contributed by atoms with van der Waals surface area (Å²) in [6.07, 6.45) is 0. The van der Waals surface area contributed by atoms with Gasteiger partial charge in [0.1, 0.15) is 0 Å². The molecule has 0 spiro atoms. The summed E-state index contributed by atoms with van der Waals surface area (Å²) in [4.78, 5) is 27.2. The summed E-state index contributed by atoms with van der Waals surface area (Å²) in [5, 5.41) is 0. The Balaban J connectivity index is -0.000000405. The van der Waals surface area contributed by atoms with Gasteiger partial charge in [0.2, 0.25) is 0 Å². The van der Waals surface area contributed by atoms with Gasteiger partial charge in [0.15, 0.2) is 0 Å². The Labute approximate surface area is 112 Å². The summed E-state index contributed by atoms with van der Waals surface area (Å²) in [5.74, 6) is 4.08. The molecule has 0 aromatic rings. The Kier molecular flexibility index (Phi) is 12.3. The molecule has 0 aromatic heterocycles. The molecular weight excluding hydrogens is 234 g/mol. The fourth-order valence-corrected chi connectivity index (χ4v) is 1.31. The Bertz CT molecular complexity index is 198. The number of hydrogen-bond acceptors (Lipinski definition) is 7. The molecule has 0 fully saturated rings. The average Bonchev–Trinajstić information content (AvgIpc) is 1.60. The van der Waals surface area contributed by atoms with Gasteiger partial charge in [-0.3, -0.25) is 4.31 Å². The van der Waals surface area contributed by atoms with Crippen LogP contribution in [0.2, 0.25) is 0 Å². The molecule has 0 aliphatic rings. The van der Waals surface area contributed by atoms with E-state index in [0.29, 0.717) is 0 Å². The molecule has 8 nitrogen and oxygen atoms in total. The van der Waals surface area contributed by atoms with E-state index in [1.807, 2.05) is 0 Å². The Morgan fingerprint density at radius 1 is 1.25 bits per heavy atom. The third-order valence-electron chi connectivity index (χ3n) is 0.336. The molecule has 0 saturated heterocycles. The summed E-state index contributed by atoms with van der Waals surface area (Å²) in [6, 6.07) is 0. The van der Waals surface area contributed by atoms with Gasteiger partial charge in [-0.1, -0.05) is 0 Å². The largest absolute Gasteiger partial charge is 1.00 e. The first-order chi connectivity index (χ1) is 4.27. The second-order valence-corrected chi connectivity index (χ2v) is 3.80. The molecule has 0 aliphatic heterocycles. The molecule has 62 valence electrons. The van der Waals surface area contributed by atoms with Crippen molar-refractivity contribution in [3.8, 4) is 0 Å². The van der Waals surface area contributed by atoms with Gasteiger partial charge in [-0.25, -0.2) is 15.1 Å². The molecule has 0 aromatic carbocycles. The predicted molar refractivity (Wildman–Crippen MR) is 23.8 cm³/mol. The third kappa shape index (κ3) is 12.2. The van der Waals surface area contributed by atoms with Crippen LogP contribution in [0.4, 0.5) is 0 Å². The summed E-state index contributed by atoms with van der Waals surface area (Å²) in [5.41, 5.74) is 0. The molecular formula is H3NNa2O7P2. The van der Waals surface area contributed by atoms with E-state index in [2.05, 4.69) is 14.8 Å². The first-order valence-electron chi connectivity index (χ1n) is 1.71. The van der Waals surface area contributed by atoms with Gasteiger partial charge in [-0.05, 0) is 0 Å². The van der Waals surface area contributed by atoms with E-state index >= 15 is 0 Å². The quantitative estimate of drug-likeness (QED) is 0.279.